The summed E-state index contributed by atoms with van der Waals surface area (Å²) in [6.45, 7) is 1.82. The van der Waals surface area contributed by atoms with Crippen molar-refractivity contribution in [3.63, 3.8) is 0 Å². The van der Waals surface area contributed by atoms with E-state index in [-0.39, 0.29) is 25.3 Å². The van der Waals surface area contributed by atoms with Crippen molar-refractivity contribution in [3.8, 4) is 5.75 Å². The zero-order valence-electron chi connectivity index (χ0n) is 20.5. The Labute approximate surface area is 214 Å². The highest BCUT2D eigenvalue weighted by Gasteiger charge is 2.52. The monoisotopic (exact) mass is 512 g/mol. The van der Waals surface area contributed by atoms with Gasteiger partial charge in [0.15, 0.2) is 5.67 Å². The first-order valence-corrected chi connectivity index (χ1v) is 12.7. The van der Waals surface area contributed by atoms with Gasteiger partial charge in [-0.2, -0.15) is 0 Å². The molecule has 2 aromatic carbocycles. The van der Waals surface area contributed by atoms with Crippen molar-refractivity contribution in [2.24, 2.45) is 0 Å². The van der Waals surface area contributed by atoms with Gasteiger partial charge in [0, 0.05) is 32.1 Å². The molecular formula is C27H30ClFN4O3. The number of para-hydroxylation sites is 1. The molecular weight excluding hydrogens is 483 g/mol. The highest BCUT2D eigenvalue weighted by atomic mass is 35.5. The second kappa shape index (κ2) is 9.82. The predicted molar refractivity (Wildman–Crippen MR) is 139 cm³/mol. The van der Waals surface area contributed by atoms with Crippen LogP contribution in [0.15, 0.2) is 36.4 Å². The minimum absolute atomic E-state index is 0.0172. The second-order valence-corrected chi connectivity index (χ2v) is 10.0. The van der Waals surface area contributed by atoms with Crippen LogP contribution in [0, 0.1) is 0 Å². The topological polar surface area (TPSA) is 78.8 Å². The lowest BCUT2D eigenvalue weighted by Gasteiger charge is -2.34. The number of aliphatic hydroxyl groups excluding tert-OH is 1. The molecule has 1 aliphatic carbocycles. The SMILES string of the molecule is COc1ccccc1C1CCN(c2nc(C(=O)C3(F)CC3)nc3cc(Cl)c(N(C)CCO)cc23)CC1. The normalized spacial score (nSPS) is 17.3. The number of Topliss-reactive ketones (excluding diaryl/α,β-unsaturated/α-hetero) is 1. The summed E-state index contributed by atoms with van der Waals surface area (Å²) in [4.78, 5) is 25.9. The molecule has 2 aliphatic rings. The molecule has 190 valence electrons. The van der Waals surface area contributed by atoms with Crippen LogP contribution in [0.4, 0.5) is 15.9 Å². The summed E-state index contributed by atoms with van der Waals surface area (Å²) in [6, 6.07) is 11.7. The molecule has 0 amide bonds. The smallest absolute Gasteiger partial charge is 0.237 e. The molecule has 1 saturated carbocycles. The molecule has 1 N–H and O–H groups in total. The standard InChI is InChI=1S/C27H30ClFN4O3/c1-32(13-14-34)22-15-19-21(16-20(22)28)30-25(24(35)27(29)9-10-27)31-26(19)33-11-7-17(8-12-33)18-5-3-4-6-23(18)36-2/h3-6,15-17,34H,7-14H2,1-2H3. The Morgan fingerprint density at radius 1 is 1.25 bits per heavy atom. The van der Waals surface area contributed by atoms with Gasteiger partial charge in [0.2, 0.25) is 11.6 Å². The molecule has 1 saturated heterocycles. The van der Waals surface area contributed by atoms with E-state index in [1.54, 1.807) is 13.2 Å². The maximum Gasteiger partial charge on any atom is 0.237 e. The van der Waals surface area contributed by atoms with Crippen molar-refractivity contribution in [1.82, 2.24) is 9.97 Å². The largest absolute Gasteiger partial charge is 0.496 e. The van der Waals surface area contributed by atoms with Gasteiger partial charge < -0.3 is 19.6 Å². The number of fused-ring (bicyclic) bond motifs is 1. The van der Waals surface area contributed by atoms with E-state index in [2.05, 4.69) is 20.9 Å². The zero-order valence-corrected chi connectivity index (χ0v) is 21.3. The van der Waals surface area contributed by atoms with E-state index in [0.717, 1.165) is 29.7 Å². The van der Waals surface area contributed by atoms with Gasteiger partial charge in [-0.05, 0) is 55.4 Å². The minimum atomic E-state index is -1.85. The number of hydrogen-bond donors (Lipinski definition) is 1. The number of benzene rings is 2. The van der Waals surface area contributed by atoms with Gasteiger partial charge in [0.25, 0.3) is 0 Å². The number of aromatic nitrogens is 2. The summed E-state index contributed by atoms with van der Waals surface area (Å²) in [7, 11) is 3.54. The lowest BCUT2D eigenvalue weighted by Crippen LogP contribution is -2.34. The third kappa shape index (κ3) is 4.60. The number of rotatable bonds is 8. The predicted octanol–water partition coefficient (Wildman–Crippen LogP) is 4.79. The van der Waals surface area contributed by atoms with E-state index in [1.165, 1.54) is 5.56 Å². The van der Waals surface area contributed by atoms with E-state index >= 15 is 0 Å². The fourth-order valence-corrected chi connectivity index (χ4v) is 5.27. The summed E-state index contributed by atoms with van der Waals surface area (Å²) in [5, 5.41) is 10.6. The number of ether oxygens (including phenoxy) is 1. The number of piperidine rings is 1. The average molecular weight is 513 g/mol. The molecule has 5 rings (SSSR count). The first kappa shape index (κ1) is 24.7. The Morgan fingerprint density at radius 3 is 2.64 bits per heavy atom. The molecule has 2 heterocycles. The average Bonchev–Trinajstić information content (AvgIpc) is 3.65. The highest BCUT2D eigenvalue weighted by Crippen LogP contribution is 2.43. The fraction of sp³-hybridized carbons (Fsp3) is 0.444. The Morgan fingerprint density at radius 2 is 1.97 bits per heavy atom. The molecule has 0 atom stereocenters. The summed E-state index contributed by atoms with van der Waals surface area (Å²) in [6.07, 6.45) is 2.18. The maximum absolute atomic E-state index is 14.7. The maximum atomic E-state index is 14.7. The second-order valence-electron chi connectivity index (χ2n) is 9.63. The number of hydrogen-bond acceptors (Lipinski definition) is 7. The summed E-state index contributed by atoms with van der Waals surface area (Å²) < 4.78 is 20.3. The van der Waals surface area contributed by atoms with E-state index < -0.39 is 11.5 Å². The van der Waals surface area contributed by atoms with Gasteiger partial charge in [-0.3, -0.25) is 4.79 Å². The molecule has 1 aromatic heterocycles. The Bertz CT molecular complexity index is 1290. The van der Waals surface area contributed by atoms with Crippen LogP contribution in [-0.4, -0.2) is 66.9 Å². The molecule has 0 bridgehead atoms. The third-order valence-corrected chi connectivity index (χ3v) is 7.57. The van der Waals surface area contributed by atoms with Crippen LogP contribution in [0.3, 0.4) is 0 Å². The molecule has 7 nitrogen and oxygen atoms in total. The molecule has 9 heteroatoms. The molecule has 0 unspecified atom stereocenters. The van der Waals surface area contributed by atoms with E-state index in [1.807, 2.05) is 36.2 Å². The molecule has 36 heavy (non-hydrogen) atoms. The first-order valence-electron chi connectivity index (χ1n) is 12.3. The van der Waals surface area contributed by atoms with Gasteiger partial charge >= 0.3 is 0 Å². The molecule has 3 aromatic rings. The van der Waals surface area contributed by atoms with E-state index in [0.29, 0.717) is 41.9 Å². The number of carbonyl (C=O) groups is 1. The number of likely N-dealkylation sites (N-methyl/N-ethyl adjacent to an activating group) is 1. The molecule has 2 fully saturated rings. The van der Waals surface area contributed by atoms with Crippen LogP contribution in [0.25, 0.3) is 10.9 Å². The van der Waals surface area contributed by atoms with Crippen molar-refractivity contribution in [2.75, 3.05) is 50.2 Å². The summed E-state index contributed by atoms with van der Waals surface area (Å²) in [5.74, 6) is 1.08. The Kier molecular flexibility index (Phi) is 6.74. The number of alkyl halides is 1. The molecule has 1 aliphatic heterocycles. The van der Waals surface area contributed by atoms with Crippen molar-refractivity contribution in [3.05, 3.63) is 52.8 Å². The lowest BCUT2D eigenvalue weighted by atomic mass is 9.88. The van der Waals surface area contributed by atoms with E-state index in [9.17, 15) is 14.3 Å². The van der Waals surface area contributed by atoms with Gasteiger partial charge in [0.05, 0.1) is 29.9 Å². The van der Waals surface area contributed by atoms with Crippen molar-refractivity contribution >= 4 is 39.8 Å². The zero-order chi connectivity index (χ0) is 25.4. The first-order chi connectivity index (χ1) is 17.3. The highest BCUT2D eigenvalue weighted by molar-refractivity contribution is 6.34. The number of ketones is 1. The van der Waals surface area contributed by atoms with Crippen LogP contribution in [-0.2, 0) is 0 Å². The van der Waals surface area contributed by atoms with Crippen LogP contribution in [0.1, 0.15) is 47.8 Å². The van der Waals surface area contributed by atoms with Crippen LogP contribution < -0.4 is 14.5 Å². The van der Waals surface area contributed by atoms with Gasteiger partial charge in [-0.1, -0.05) is 29.8 Å². The third-order valence-electron chi connectivity index (χ3n) is 7.26. The Hall–Kier alpha value is -2.97. The number of nitrogens with zero attached hydrogens (tertiary/aromatic N) is 4. The Balaban J connectivity index is 1.52. The van der Waals surface area contributed by atoms with Crippen LogP contribution in [0.2, 0.25) is 5.02 Å². The quantitative estimate of drug-likeness (QED) is 0.435. The van der Waals surface area contributed by atoms with Crippen LogP contribution >= 0.6 is 11.6 Å². The van der Waals surface area contributed by atoms with E-state index in [4.69, 9.17) is 16.3 Å². The van der Waals surface area contributed by atoms with Gasteiger partial charge in [0.1, 0.15) is 11.6 Å². The lowest BCUT2D eigenvalue weighted by molar-refractivity contribution is 0.0840. The number of halogens is 2. The minimum Gasteiger partial charge on any atom is -0.496 e. The molecule has 0 radical (unpaired) electrons. The van der Waals surface area contributed by atoms with Gasteiger partial charge in [-0.25, -0.2) is 14.4 Å². The fourth-order valence-electron chi connectivity index (χ4n) is 4.97. The van der Waals surface area contributed by atoms with Crippen molar-refractivity contribution in [1.29, 1.82) is 0 Å². The molecule has 0 spiro atoms. The van der Waals surface area contributed by atoms with Crippen LogP contribution in [0.5, 0.6) is 5.75 Å². The number of aliphatic hydroxyl groups is 1. The summed E-state index contributed by atoms with van der Waals surface area (Å²) in [5.41, 5.74) is 0.573. The number of carbonyl (C=O) groups excluding carboxylic acids is 1. The summed E-state index contributed by atoms with van der Waals surface area (Å²) >= 11 is 6.55. The van der Waals surface area contributed by atoms with Crippen molar-refractivity contribution in [2.45, 2.75) is 37.3 Å². The number of methoxy groups -OCH3 is 1. The number of anilines is 2. The van der Waals surface area contributed by atoms with Crippen molar-refractivity contribution < 1.29 is 19.0 Å². The van der Waals surface area contributed by atoms with Gasteiger partial charge in [-0.15, -0.1) is 0 Å².